The lowest BCUT2D eigenvalue weighted by Gasteiger charge is -2.18. The average molecular weight is 445 g/mol. The van der Waals surface area contributed by atoms with Crippen molar-refractivity contribution in [2.24, 2.45) is 0 Å². The predicted octanol–water partition coefficient (Wildman–Crippen LogP) is 5.36. The van der Waals surface area contributed by atoms with Crippen molar-refractivity contribution < 1.29 is 9.53 Å². The molecule has 1 aromatic heterocycles. The van der Waals surface area contributed by atoms with E-state index in [1.54, 1.807) is 13.4 Å². The van der Waals surface area contributed by atoms with Gasteiger partial charge in [0, 0.05) is 5.69 Å². The van der Waals surface area contributed by atoms with E-state index in [2.05, 4.69) is 15.5 Å². The smallest absolute Gasteiger partial charge is 0.242 e. The van der Waals surface area contributed by atoms with Gasteiger partial charge in [0.1, 0.15) is 17.3 Å². The van der Waals surface area contributed by atoms with Crippen LogP contribution in [-0.2, 0) is 4.79 Å². The van der Waals surface area contributed by atoms with Gasteiger partial charge >= 0.3 is 0 Å². The number of carbonyl (C=O) groups is 1. The van der Waals surface area contributed by atoms with Gasteiger partial charge in [-0.3, -0.25) is 9.36 Å². The summed E-state index contributed by atoms with van der Waals surface area (Å²) in [7, 11) is 1.63. The maximum Gasteiger partial charge on any atom is 0.242 e. The first kappa shape index (κ1) is 21.6. The van der Waals surface area contributed by atoms with Crippen LogP contribution in [0.3, 0.4) is 0 Å². The summed E-state index contributed by atoms with van der Waals surface area (Å²) in [6, 6.07) is 23.4. The molecule has 32 heavy (non-hydrogen) atoms. The van der Waals surface area contributed by atoms with Crippen LogP contribution in [-0.4, -0.2) is 27.8 Å². The minimum atomic E-state index is -0.520. The molecule has 162 valence electrons. The zero-order valence-electron chi connectivity index (χ0n) is 18.1. The van der Waals surface area contributed by atoms with Crippen LogP contribution in [0.2, 0.25) is 0 Å². The van der Waals surface area contributed by atoms with Gasteiger partial charge in [0.15, 0.2) is 5.16 Å². The van der Waals surface area contributed by atoms with E-state index in [1.165, 1.54) is 11.8 Å². The molecular formula is C25H24N4O2S. The van der Waals surface area contributed by atoms with Crippen LogP contribution in [0.15, 0.2) is 84.3 Å². The van der Waals surface area contributed by atoms with Gasteiger partial charge in [-0.05, 0) is 48.7 Å². The first-order valence-electron chi connectivity index (χ1n) is 10.2. The predicted molar refractivity (Wildman–Crippen MR) is 127 cm³/mol. The summed E-state index contributed by atoms with van der Waals surface area (Å²) < 4.78 is 7.34. The van der Waals surface area contributed by atoms with Crippen molar-refractivity contribution in [2.75, 3.05) is 12.4 Å². The third-order valence-electron chi connectivity index (χ3n) is 5.08. The fraction of sp³-hybridized carbons (Fsp3) is 0.160. The number of carbonyl (C=O) groups excluding carboxylic acids is 1. The van der Waals surface area contributed by atoms with Crippen molar-refractivity contribution >= 4 is 23.4 Å². The van der Waals surface area contributed by atoms with E-state index in [1.807, 2.05) is 91.2 Å². The number of nitrogens with zero attached hydrogens (tertiary/aromatic N) is 3. The quantitative estimate of drug-likeness (QED) is 0.388. The van der Waals surface area contributed by atoms with E-state index >= 15 is 0 Å². The molecule has 0 fully saturated rings. The molecule has 4 aromatic rings. The number of para-hydroxylation sites is 2. The third-order valence-corrected chi connectivity index (χ3v) is 6.29. The minimum Gasteiger partial charge on any atom is -0.495 e. The molecule has 6 nitrogen and oxygen atoms in total. The van der Waals surface area contributed by atoms with Gasteiger partial charge in [0.25, 0.3) is 0 Å². The zero-order chi connectivity index (χ0) is 22.5. The standard InChI is InChI=1S/C25H24N4O2S/c1-17-13-14-18(2)20(15-17)27-24(30)23(19-9-5-4-6-10-19)32-25-28-26-16-29(25)21-11-7-8-12-22(21)31-3/h4-16,23H,1-3H3,(H,27,30)/t23-/m1/s1. The van der Waals surface area contributed by atoms with Crippen LogP contribution in [0, 0.1) is 13.8 Å². The molecule has 0 bridgehead atoms. The number of thioether (sulfide) groups is 1. The minimum absolute atomic E-state index is 0.121. The fourth-order valence-electron chi connectivity index (χ4n) is 3.37. The Balaban J connectivity index is 1.68. The molecular weight excluding hydrogens is 420 g/mol. The summed E-state index contributed by atoms with van der Waals surface area (Å²) in [6.07, 6.45) is 1.63. The second kappa shape index (κ2) is 9.70. The van der Waals surface area contributed by atoms with E-state index in [0.29, 0.717) is 10.9 Å². The Morgan fingerprint density at radius 3 is 2.56 bits per heavy atom. The van der Waals surface area contributed by atoms with Crippen LogP contribution >= 0.6 is 11.8 Å². The largest absolute Gasteiger partial charge is 0.495 e. The van der Waals surface area contributed by atoms with Crippen LogP contribution in [0.1, 0.15) is 21.9 Å². The Morgan fingerprint density at radius 2 is 1.78 bits per heavy atom. The number of anilines is 1. The number of hydrogen-bond donors (Lipinski definition) is 1. The summed E-state index contributed by atoms with van der Waals surface area (Å²) in [6.45, 7) is 3.99. The van der Waals surface area contributed by atoms with Gasteiger partial charge in [-0.15, -0.1) is 10.2 Å². The monoisotopic (exact) mass is 444 g/mol. The number of nitrogens with one attached hydrogen (secondary N) is 1. The molecule has 0 aliphatic rings. The molecule has 0 unspecified atom stereocenters. The van der Waals surface area contributed by atoms with Crippen molar-refractivity contribution in [3.8, 4) is 11.4 Å². The first-order valence-corrected chi connectivity index (χ1v) is 11.1. The van der Waals surface area contributed by atoms with Gasteiger partial charge < -0.3 is 10.1 Å². The molecule has 0 saturated carbocycles. The molecule has 4 rings (SSSR count). The maximum absolute atomic E-state index is 13.5. The number of aromatic nitrogens is 3. The lowest BCUT2D eigenvalue weighted by Crippen LogP contribution is -2.20. The first-order chi connectivity index (χ1) is 15.6. The normalized spacial score (nSPS) is 11.7. The molecule has 7 heteroatoms. The fourth-order valence-corrected chi connectivity index (χ4v) is 4.40. The van der Waals surface area contributed by atoms with Crippen molar-refractivity contribution in [2.45, 2.75) is 24.3 Å². The van der Waals surface area contributed by atoms with Gasteiger partial charge in [-0.2, -0.15) is 0 Å². The molecule has 1 amide bonds. The highest BCUT2D eigenvalue weighted by atomic mass is 32.2. The second-order valence-corrected chi connectivity index (χ2v) is 8.44. The molecule has 0 radical (unpaired) electrons. The topological polar surface area (TPSA) is 69.0 Å². The Morgan fingerprint density at radius 1 is 1.03 bits per heavy atom. The number of ether oxygens (including phenoxy) is 1. The summed E-state index contributed by atoms with van der Waals surface area (Å²) >= 11 is 1.35. The van der Waals surface area contributed by atoms with Crippen molar-refractivity contribution in [3.63, 3.8) is 0 Å². The average Bonchev–Trinajstić information content (AvgIpc) is 3.28. The van der Waals surface area contributed by atoms with Crippen molar-refractivity contribution in [3.05, 3.63) is 95.8 Å². The molecule has 1 N–H and O–H groups in total. The number of hydrogen-bond acceptors (Lipinski definition) is 5. The molecule has 1 heterocycles. The Hall–Kier alpha value is -3.58. The van der Waals surface area contributed by atoms with Gasteiger partial charge in [-0.1, -0.05) is 66.4 Å². The van der Waals surface area contributed by atoms with Gasteiger partial charge in [0.2, 0.25) is 5.91 Å². The van der Waals surface area contributed by atoms with Gasteiger partial charge in [-0.25, -0.2) is 0 Å². The number of rotatable bonds is 7. The number of aryl methyl sites for hydroxylation is 2. The van der Waals surface area contributed by atoms with E-state index in [4.69, 9.17) is 4.74 Å². The number of amides is 1. The summed E-state index contributed by atoms with van der Waals surface area (Å²) in [5.74, 6) is 0.578. The van der Waals surface area contributed by atoms with Crippen LogP contribution in [0.5, 0.6) is 5.75 Å². The zero-order valence-corrected chi connectivity index (χ0v) is 19.0. The molecule has 1 atom stereocenters. The highest BCUT2D eigenvalue weighted by Crippen LogP contribution is 2.37. The van der Waals surface area contributed by atoms with E-state index in [-0.39, 0.29) is 5.91 Å². The number of benzene rings is 3. The highest BCUT2D eigenvalue weighted by Gasteiger charge is 2.26. The SMILES string of the molecule is COc1ccccc1-n1cnnc1S[C@@H](C(=O)Nc1cc(C)ccc1C)c1ccccc1. The molecule has 0 spiro atoms. The van der Waals surface area contributed by atoms with Crippen LogP contribution < -0.4 is 10.1 Å². The van der Waals surface area contributed by atoms with E-state index in [0.717, 1.165) is 28.1 Å². The molecule has 0 aliphatic carbocycles. The lowest BCUT2D eigenvalue weighted by atomic mass is 10.1. The number of methoxy groups -OCH3 is 1. The molecule has 3 aromatic carbocycles. The second-order valence-electron chi connectivity index (χ2n) is 7.37. The molecule has 0 saturated heterocycles. The Bertz CT molecular complexity index is 1220. The van der Waals surface area contributed by atoms with Crippen molar-refractivity contribution in [1.82, 2.24) is 14.8 Å². The van der Waals surface area contributed by atoms with Crippen LogP contribution in [0.4, 0.5) is 5.69 Å². The van der Waals surface area contributed by atoms with Gasteiger partial charge in [0.05, 0.1) is 12.8 Å². The summed E-state index contributed by atoms with van der Waals surface area (Å²) in [4.78, 5) is 13.5. The third kappa shape index (κ3) is 4.68. The lowest BCUT2D eigenvalue weighted by molar-refractivity contribution is -0.115. The maximum atomic E-state index is 13.5. The van der Waals surface area contributed by atoms with E-state index < -0.39 is 5.25 Å². The van der Waals surface area contributed by atoms with Crippen molar-refractivity contribution in [1.29, 1.82) is 0 Å². The van der Waals surface area contributed by atoms with E-state index in [9.17, 15) is 4.79 Å². The summed E-state index contributed by atoms with van der Waals surface area (Å²) in [5.41, 5.74) is 4.60. The molecule has 0 aliphatic heterocycles. The Labute approximate surface area is 191 Å². The Kier molecular flexibility index (Phi) is 6.56. The highest BCUT2D eigenvalue weighted by molar-refractivity contribution is 8.00. The van der Waals surface area contributed by atoms with Crippen LogP contribution in [0.25, 0.3) is 5.69 Å². The summed E-state index contributed by atoms with van der Waals surface area (Å²) in [5, 5.41) is 11.6.